The molecule has 6 nitrogen and oxygen atoms in total. The third kappa shape index (κ3) is 8.54. The highest BCUT2D eigenvalue weighted by Gasteiger charge is 2.23. The number of carbonyl (C=O) groups excluding carboxylic acids is 2. The second-order valence-corrected chi connectivity index (χ2v) is 8.09. The van der Waals surface area contributed by atoms with Crippen LogP contribution in [0.1, 0.15) is 50.4 Å². The lowest BCUT2D eigenvalue weighted by Crippen LogP contribution is -2.47. The van der Waals surface area contributed by atoms with Crippen molar-refractivity contribution in [2.75, 3.05) is 6.54 Å². The molecule has 1 aromatic rings. The van der Waals surface area contributed by atoms with E-state index in [1.165, 1.54) is 18.2 Å². The van der Waals surface area contributed by atoms with Gasteiger partial charge in [-0.15, -0.1) is 0 Å². The first-order chi connectivity index (χ1) is 12.0. The van der Waals surface area contributed by atoms with Gasteiger partial charge in [-0.2, -0.15) is 0 Å². The van der Waals surface area contributed by atoms with E-state index in [4.69, 9.17) is 28.3 Å². The van der Waals surface area contributed by atoms with E-state index < -0.39 is 23.8 Å². The molecule has 1 atom stereocenters. The lowest BCUT2D eigenvalue weighted by molar-refractivity contribution is -0.137. The average molecular weight is 403 g/mol. The topological polar surface area (TPSA) is 95.5 Å². The SMILES string of the molecule is CC(C)(C)CCNC(=O)[C@@H](CCC(=O)O)NC(=O)c1cc(Cl)cc(Cl)c1. The zero-order valence-electron chi connectivity index (χ0n) is 15.1. The molecule has 1 aromatic carbocycles. The Bertz CT molecular complexity index is 651. The van der Waals surface area contributed by atoms with Crippen LogP contribution in [0.25, 0.3) is 0 Å². The minimum absolute atomic E-state index is 0.0171. The number of carboxylic acids is 1. The monoisotopic (exact) mass is 402 g/mol. The predicted octanol–water partition coefficient (Wildman–Crippen LogP) is 3.51. The molecule has 26 heavy (non-hydrogen) atoms. The Labute approximate surface area is 163 Å². The van der Waals surface area contributed by atoms with E-state index >= 15 is 0 Å². The third-order valence-electron chi connectivity index (χ3n) is 3.57. The Balaban J connectivity index is 2.79. The predicted molar refractivity (Wildman–Crippen MR) is 102 cm³/mol. The van der Waals surface area contributed by atoms with Crippen LogP contribution >= 0.6 is 23.2 Å². The molecular formula is C18H24Cl2N2O4. The highest BCUT2D eigenvalue weighted by atomic mass is 35.5. The number of hydrogen-bond acceptors (Lipinski definition) is 3. The number of aliphatic carboxylic acids is 1. The molecule has 0 fully saturated rings. The first-order valence-electron chi connectivity index (χ1n) is 8.24. The molecule has 0 radical (unpaired) electrons. The van der Waals surface area contributed by atoms with Crippen molar-refractivity contribution in [1.82, 2.24) is 10.6 Å². The summed E-state index contributed by atoms with van der Waals surface area (Å²) in [6.07, 6.45) is 0.493. The average Bonchev–Trinajstić information content (AvgIpc) is 2.48. The number of hydrogen-bond donors (Lipinski definition) is 3. The van der Waals surface area contributed by atoms with Crippen molar-refractivity contribution < 1.29 is 19.5 Å². The van der Waals surface area contributed by atoms with Crippen molar-refractivity contribution in [2.45, 2.75) is 46.1 Å². The van der Waals surface area contributed by atoms with Crippen molar-refractivity contribution in [3.05, 3.63) is 33.8 Å². The minimum Gasteiger partial charge on any atom is -0.481 e. The molecule has 1 rings (SSSR count). The molecule has 8 heteroatoms. The van der Waals surface area contributed by atoms with Gasteiger partial charge >= 0.3 is 5.97 Å². The summed E-state index contributed by atoms with van der Waals surface area (Å²) in [6.45, 7) is 6.58. The number of carbonyl (C=O) groups is 3. The van der Waals surface area contributed by atoms with Gasteiger partial charge < -0.3 is 15.7 Å². The zero-order chi connectivity index (χ0) is 19.9. The molecule has 0 aliphatic rings. The van der Waals surface area contributed by atoms with Gasteiger partial charge in [-0.1, -0.05) is 44.0 Å². The Morgan fingerprint density at radius 2 is 1.69 bits per heavy atom. The maximum Gasteiger partial charge on any atom is 0.303 e. The maximum atomic E-state index is 12.4. The van der Waals surface area contributed by atoms with E-state index in [0.717, 1.165) is 6.42 Å². The number of rotatable bonds is 8. The van der Waals surface area contributed by atoms with Gasteiger partial charge in [0.2, 0.25) is 5.91 Å². The number of halogens is 2. The summed E-state index contributed by atoms with van der Waals surface area (Å²) in [5.74, 6) is -2.01. The van der Waals surface area contributed by atoms with E-state index in [2.05, 4.69) is 10.6 Å². The molecule has 0 heterocycles. The molecule has 0 unspecified atom stereocenters. The van der Waals surface area contributed by atoms with Gasteiger partial charge in [-0.25, -0.2) is 0 Å². The third-order valence-corrected chi connectivity index (χ3v) is 4.00. The largest absolute Gasteiger partial charge is 0.481 e. The van der Waals surface area contributed by atoms with E-state index in [1.807, 2.05) is 20.8 Å². The summed E-state index contributed by atoms with van der Waals surface area (Å²) in [5, 5.41) is 14.8. The highest BCUT2D eigenvalue weighted by molar-refractivity contribution is 6.35. The highest BCUT2D eigenvalue weighted by Crippen LogP contribution is 2.19. The summed E-state index contributed by atoms with van der Waals surface area (Å²) in [4.78, 5) is 35.6. The van der Waals surface area contributed by atoms with Gasteiger partial charge in [-0.3, -0.25) is 14.4 Å². The number of nitrogens with one attached hydrogen (secondary N) is 2. The quantitative estimate of drug-likeness (QED) is 0.619. The fourth-order valence-corrected chi connectivity index (χ4v) is 2.67. The lowest BCUT2D eigenvalue weighted by Gasteiger charge is -2.21. The smallest absolute Gasteiger partial charge is 0.303 e. The zero-order valence-corrected chi connectivity index (χ0v) is 16.6. The van der Waals surface area contributed by atoms with Crippen LogP contribution in [0.3, 0.4) is 0 Å². The van der Waals surface area contributed by atoms with Crippen LogP contribution in [0, 0.1) is 5.41 Å². The number of amides is 2. The second-order valence-electron chi connectivity index (χ2n) is 7.22. The van der Waals surface area contributed by atoms with Crippen LogP contribution < -0.4 is 10.6 Å². The molecule has 0 aliphatic carbocycles. The van der Waals surface area contributed by atoms with Crippen LogP contribution in [0.5, 0.6) is 0 Å². The molecule has 0 bridgehead atoms. The fourth-order valence-electron chi connectivity index (χ4n) is 2.15. The minimum atomic E-state index is -1.04. The van der Waals surface area contributed by atoms with Crippen molar-refractivity contribution in [3.63, 3.8) is 0 Å². The van der Waals surface area contributed by atoms with Crippen LogP contribution in [0.4, 0.5) is 0 Å². The Morgan fingerprint density at radius 3 is 2.19 bits per heavy atom. The van der Waals surface area contributed by atoms with Crippen LogP contribution in [-0.4, -0.2) is 35.5 Å². The Morgan fingerprint density at radius 1 is 1.12 bits per heavy atom. The molecular weight excluding hydrogens is 379 g/mol. The molecule has 0 saturated heterocycles. The van der Waals surface area contributed by atoms with E-state index in [9.17, 15) is 14.4 Å². The summed E-state index contributed by atoms with van der Waals surface area (Å²) >= 11 is 11.8. The van der Waals surface area contributed by atoms with Crippen LogP contribution in [0.15, 0.2) is 18.2 Å². The van der Waals surface area contributed by atoms with E-state index in [1.54, 1.807) is 0 Å². The van der Waals surface area contributed by atoms with Gasteiger partial charge in [-0.05, 0) is 36.5 Å². The molecule has 2 amide bonds. The molecule has 144 valence electrons. The van der Waals surface area contributed by atoms with Crippen molar-refractivity contribution >= 4 is 41.0 Å². The normalized spacial score (nSPS) is 12.3. The molecule has 0 spiro atoms. The summed E-state index contributed by atoms with van der Waals surface area (Å²) < 4.78 is 0. The maximum absolute atomic E-state index is 12.4. The van der Waals surface area contributed by atoms with E-state index in [-0.39, 0.29) is 23.8 Å². The van der Waals surface area contributed by atoms with Gasteiger partial charge in [0.1, 0.15) is 6.04 Å². The van der Waals surface area contributed by atoms with Gasteiger partial charge in [0.15, 0.2) is 0 Å². The van der Waals surface area contributed by atoms with Crippen LogP contribution in [-0.2, 0) is 9.59 Å². The lowest BCUT2D eigenvalue weighted by atomic mass is 9.92. The van der Waals surface area contributed by atoms with Gasteiger partial charge in [0, 0.05) is 28.6 Å². The van der Waals surface area contributed by atoms with Gasteiger partial charge in [0.25, 0.3) is 5.91 Å². The Hall–Kier alpha value is -1.79. The van der Waals surface area contributed by atoms with Gasteiger partial charge in [0.05, 0.1) is 0 Å². The molecule has 0 aliphatic heterocycles. The second kappa shape index (κ2) is 9.78. The first kappa shape index (κ1) is 22.3. The van der Waals surface area contributed by atoms with Crippen LogP contribution in [0.2, 0.25) is 10.0 Å². The summed E-state index contributed by atoms with van der Waals surface area (Å²) in [6, 6.07) is 3.38. The first-order valence-corrected chi connectivity index (χ1v) is 9.00. The number of benzene rings is 1. The Kier molecular flexibility index (Phi) is 8.37. The van der Waals surface area contributed by atoms with E-state index in [0.29, 0.717) is 16.6 Å². The van der Waals surface area contributed by atoms with Crippen molar-refractivity contribution in [1.29, 1.82) is 0 Å². The standard InChI is InChI=1S/C18H24Cl2N2O4/c1-18(2,3)6-7-21-17(26)14(4-5-15(23)24)22-16(25)11-8-12(19)10-13(20)9-11/h8-10,14H,4-7H2,1-3H3,(H,21,26)(H,22,25)(H,23,24)/t14-/m1/s1. The molecule has 0 aromatic heterocycles. The van der Waals surface area contributed by atoms with Crippen molar-refractivity contribution in [3.8, 4) is 0 Å². The molecule has 3 N–H and O–H groups in total. The number of carboxylic acid groups (broad SMARTS) is 1. The fraction of sp³-hybridized carbons (Fsp3) is 0.500. The summed E-state index contributed by atoms with van der Waals surface area (Å²) in [7, 11) is 0. The molecule has 0 saturated carbocycles. The summed E-state index contributed by atoms with van der Waals surface area (Å²) in [5.41, 5.74) is 0.246. The van der Waals surface area contributed by atoms with Crippen molar-refractivity contribution in [2.24, 2.45) is 5.41 Å².